The van der Waals surface area contributed by atoms with E-state index in [2.05, 4.69) is 20.6 Å². The molecular formula is C17H14FN5O. The van der Waals surface area contributed by atoms with Crippen LogP contribution in [0.4, 0.5) is 27.5 Å². The molecule has 0 saturated carbocycles. The molecule has 1 heterocycles. The summed E-state index contributed by atoms with van der Waals surface area (Å²) in [5.74, 6) is -0.547. The Hall–Kier alpha value is -3.48. The number of nitrogens with two attached hydrogens (primary N) is 1. The van der Waals surface area contributed by atoms with Crippen LogP contribution in [0.3, 0.4) is 0 Å². The quantitative estimate of drug-likeness (QED) is 0.670. The van der Waals surface area contributed by atoms with Gasteiger partial charge in [-0.05, 0) is 30.3 Å². The van der Waals surface area contributed by atoms with Crippen molar-refractivity contribution in [3.63, 3.8) is 0 Å². The number of carbonyl (C=O) groups is 1. The number of nitrogens with one attached hydrogen (secondary N) is 2. The minimum absolute atomic E-state index is 0.156. The van der Waals surface area contributed by atoms with Gasteiger partial charge in [0, 0.05) is 17.6 Å². The molecule has 4 N–H and O–H groups in total. The van der Waals surface area contributed by atoms with Gasteiger partial charge in [0.25, 0.3) is 5.91 Å². The number of nitrogens with zero attached hydrogens (tertiary/aromatic N) is 2. The van der Waals surface area contributed by atoms with E-state index in [1.165, 1.54) is 18.3 Å². The molecule has 0 fully saturated rings. The summed E-state index contributed by atoms with van der Waals surface area (Å²) in [5.41, 5.74) is 6.76. The van der Waals surface area contributed by atoms with Crippen molar-refractivity contribution in [2.24, 2.45) is 5.73 Å². The topological polar surface area (TPSA) is 92.9 Å². The monoisotopic (exact) mass is 323 g/mol. The first-order chi connectivity index (χ1) is 11.6. The average molecular weight is 323 g/mol. The van der Waals surface area contributed by atoms with Crippen molar-refractivity contribution < 1.29 is 9.18 Å². The van der Waals surface area contributed by atoms with E-state index in [1.807, 2.05) is 30.3 Å². The largest absolute Gasteiger partial charge is 0.365 e. The Morgan fingerprint density at radius 3 is 2.46 bits per heavy atom. The molecule has 7 heteroatoms. The number of hydrogen-bond acceptors (Lipinski definition) is 5. The van der Waals surface area contributed by atoms with E-state index in [4.69, 9.17) is 5.73 Å². The maximum Gasteiger partial charge on any atom is 0.254 e. The van der Waals surface area contributed by atoms with Gasteiger partial charge in [0.15, 0.2) is 0 Å². The van der Waals surface area contributed by atoms with Crippen molar-refractivity contribution in [2.75, 3.05) is 10.6 Å². The van der Waals surface area contributed by atoms with Crippen molar-refractivity contribution in [3.05, 3.63) is 72.2 Å². The molecule has 2 aromatic carbocycles. The predicted molar refractivity (Wildman–Crippen MR) is 90.0 cm³/mol. The Kier molecular flexibility index (Phi) is 4.33. The third-order valence-electron chi connectivity index (χ3n) is 3.17. The molecule has 1 aromatic heterocycles. The number of amides is 1. The lowest BCUT2D eigenvalue weighted by Crippen LogP contribution is -2.15. The molecule has 0 aliphatic heterocycles. The molecule has 24 heavy (non-hydrogen) atoms. The summed E-state index contributed by atoms with van der Waals surface area (Å²) in [6.07, 6.45) is 1.32. The molecule has 0 spiro atoms. The number of hydrogen-bond donors (Lipinski definition) is 3. The number of halogens is 1. The van der Waals surface area contributed by atoms with Gasteiger partial charge in [-0.3, -0.25) is 4.79 Å². The lowest BCUT2D eigenvalue weighted by molar-refractivity contribution is 0.100. The van der Waals surface area contributed by atoms with E-state index in [0.717, 1.165) is 5.69 Å². The van der Waals surface area contributed by atoms with Crippen LogP contribution in [0.2, 0.25) is 0 Å². The number of anilines is 4. The van der Waals surface area contributed by atoms with Crippen molar-refractivity contribution in [1.29, 1.82) is 0 Å². The van der Waals surface area contributed by atoms with E-state index in [9.17, 15) is 9.18 Å². The maximum atomic E-state index is 13.3. The van der Waals surface area contributed by atoms with Crippen LogP contribution in [0.25, 0.3) is 0 Å². The molecule has 3 aromatic rings. The number of benzene rings is 2. The van der Waals surface area contributed by atoms with Crippen LogP contribution in [0, 0.1) is 5.82 Å². The standard InChI is InChI=1S/C17H14FN5O/c18-11-5-4-8-13(9-11)22-17-20-10-14(15(19)24)16(23-17)21-12-6-2-1-3-7-12/h1-10H,(H2,19,24)(H2,20,21,22,23). The fraction of sp³-hybridized carbons (Fsp3) is 0. The van der Waals surface area contributed by atoms with Crippen molar-refractivity contribution >= 4 is 29.0 Å². The SMILES string of the molecule is NC(=O)c1cnc(Nc2cccc(F)c2)nc1Nc1ccccc1. The first-order valence-electron chi connectivity index (χ1n) is 7.13. The second-order valence-corrected chi connectivity index (χ2v) is 4.95. The summed E-state index contributed by atoms with van der Waals surface area (Å²) in [6.45, 7) is 0. The summed E-state index contributed by atoms with van der Waals surface area (Å²) in [5, 5.41) is 5.91. The summed E-state index contributed by atoms with van der Waals surface area (Å²) in [7, 11) is 0. The van der Waals surface area contributed by atoms with Crippen LogP contribution in [-0.2, 0) is 0 Å². The van der Waals surface area contributed by atoms with E-state index < -0.39 is 5.91 Å². The molecule has 120 valence electrons. The van der Waals surface area contributed by atoms with Crippen molar-refractivity contribution in [2.45, 2.75) is 0 Å². The summed E-state index contributed by atoms with van der Waals surface area (Å²) >= 11 is 0. The normalized spacial score (nSPS) is 10.2. The van der Waals surface area contributed by atoms with Gasteiger partial charge in [-0.15, -0.1) is 0 Å². The Morgan fingerprint density at radius 2 is 1.75 bits per heavy atom. The summed E-state index contributed by atoms with van der Waals surface area (Å²) < 4.78 is 13.3. The van der Waals surface area contributed by atoms with Crippen LogP contribution >= 0.6 is 0 Å². The molecule has 3 rings (SSSR count). The van der Waals surface area contributed by atoms with Gasteiger partial charge >= 0.3 is 0 Å². The zero-order valence-corrected chi connectivity index (χ0v) is 12.5. The van der Waals surface area contributed by atoms with Crippen molar-refractivity contribution in [3.8, 4) is 0 Å². The third-order valence-corrected chi connectivity index (χ3v) is 3.17. The maximum absolute atomic E-state index is 13.3. The highest BCUT2D eigenvalue weighted by Crippen LogP contribution is 2.21. The van der Waals surface area contributed by atoms with Gasteiger partial charge in [-0.25, -0.2) is 9.37 Å². The molecule has 6 nitrogen and oxygen atoms in total. The van der Waals surface area contributed by atoms with Crippen LogP contribution in [0.1, 0.15) is 10.4 Å². The molecule has 0 radical (unpaired) electrons. The zero-order chi connectivity index (χ0) is 16.9. The van der Waals surface area contributed by atoms with E-state index in [0.29, 0.717) is 5.69 Å². The summed E-state index contributed by atoms with van der Waals surface area (Å²) in [6, 6.07) is 15.1. The second kappa shape index (κ2) is 6.74. The number of carbonyl (C=O) groups excluding carboxylic acids is 1. The van der Waals surface area contributed by atoms with E-state index >= 15 is 0 Å². The van der Waals surface area contributed by atoms with Gasteiger partial charge in [0.1, 0.15) is 17.2 Å². The fourth-order valence-electron chi connectivity index (χ4n) is 2.07. The predicted octanol–water partition coefficient (Wildman–Crippen LogP) is 3.20. The number of primary amides is 1. The number of rotatable bonds is 5. The van der Waals surface area contributed by atoms with Crippen LogP contribution in [0.15, 0.2) is 60.8 Å². The van der Waals surface area contributed by atoms with E-state index in [1.54, 1.807) is 12.1 Å². The Balaban J connectivity index is 1.92. The van der Waals surface area contributed by atoms with Gasteiger partial charge < -0.3 is 16.4 Å². The van der Waals surface area contributed by atoms with Crippen LogP contribution < -0.4 is 16.4 Å². The highest BCUT2D eigenvalue weighted by molar-refractivity contribution is 5.98. The van der Waals surface area contributed by atoms with E-state index in [-0.39, 0.29) is 23.1 Å². The smallest absolute Gasteiger partial charge is 0.254 e. The van der Waals surface area contributed by atoms with Crippen molar-refractivity contribution in [1.82, 2.24) is 9.97 Å². The molecule has 0 saturated heterocycles. The molecule has 0 atom stereocenters. The Labute approximate surface area is 137 Å². The summed E-state index contributed by atoms with van der Waals surface area (Å²) in [4.78, 5) is 19.9. The Morgan fingerprint density at radius 1 is 1.00 bits per heavy atom. The molecule has 0 aliphatic carbocycles. The third kappa shape index (κ3) is 3.64. The highest BCUT2D eigenvalue weighted by Gasteiger charge is 2.12. The van der Waals surface area contributed by atoms with Gasteiger partial charge in [0.05, 0.1) is 0 Å². The molecule has 1 amide bonds. The number of aromatic nitrogens is 2. The molecule has 0 unspecified atom stereocenters. The lowest BCUT2D eigenvalue weighted by atomic mass is 10.2. The van der Waals surface area contributed by atoms with Gasteiger partial charge in [-0.2, -0.15) is 4.98 Å². The number of para-hydroxylation sites is 1. The first-order valence-corrected chi connectivity index (χ1v) is 7.13. The van der Waals surface area contributed by atoms with Crippen LogP contribution in [0.5, 0.6) is 0 Å². The molecule has 0 bridgehead atoms. The fourth-order valence-corrected chi connectivity index (χ4v) is 2.07. The minimum Gasteiger partial charge on any atom is -0.365 e. The first kappa shape index (κ1) is 15.4. The minimum atomic E-state index is -0.647. The van der Waals surface area contributed by atoms with Crippen LogP contribution in [-0.4, -0.2) is 15.9 Å². The Bertz CT molecular complexity index is 870. The average Bonchev–Trinajstić information content (AvgIpc) is 2.56. The zero-order valence-electron chi connectivity index (χ0n) is 12.5. The van der Waals surface area contributed by atoms with Gasteiger partial charge in [0.2, 0.25) is 5.95 Å². The second-order valence-electron chi connectivity index (χ2n) is 4.95. The highest BCUT2D eigenvalue weighted by atomic mass is 19.1. The lowest BCUT2D eigenvalue weighted by Gasteiger charge is -2.11. The molecule has 0 aliphatic rings. The molecular weight excluding hydrogens is 309 g/mol. The van der Waals surface area contributed by atoms with Gasteiger partial charge in [-0.1, -0.05) is 24.3 Å².